The first-order chi connectivity index (χ1) is 30.3. The highest BCUT2D eigenvalue weighted by atomic mass is 35.5. The lowest BCUT2D eigenvalue weighted by Crippen LogP contribution is -2.55. The van der Waals surface area contributed by atoms with Crippen LogP contribution in [0.4, 0.5) is 5.69 Å². The maximum absolute atomic E-state index is 14.5. The molecule has 1 unspecified atom stereocenters. The molecule has 2 amide bonds. The molecule has 0 spiro atoms. The molecule has 2 aliphatic heterocycles. The van der Waals surface area contributed by atoms with Crippen molar-refractivity contribution in [2.75, 3.05) is 5.32 Å². The molecule has 8 rings (SSSR count). The number of carbonyl (C=O) groups is 3. The lowest BCUT2D eigenvalue weighted by Gasteiger charge is -2.37. The Morgan fingerprint density at radius 3 is 2.25 bits per heavy atom. The van der Waals surface area contributed by atoms with Gasteiger partial charge < -0.3 is 25.2 Å². The Hall–Kier alpha value is -6.69. The van der Waals surface area contributed by atoms with Crippen molar-refractivity contribution in [3.05, 3.63) is 176 Å². The molecule has 0 saturated heterocycles. The largest absolute Gasteiger partial charge is 0.489 e. The third kappa shape index (κ3) is 9.26. The van der Waals surface area contributed by atoms with Gasteiger partial charge >= 0.3 is 5.97 Å². The van der Waals surface area contributed by atoms with E-state index in [9.17, 15) is 27.9 Å². The smallest absolute Gasteiger partial charge is 0.326 e. The van der Waals surface area contributed by atoms with Crippen LogP contribution in [0.25, 0.3) is 11.1 Å². The summed E-state index contributed by atoms with van der Waals surface area (Å²) in [6.07, 6.45) is -1.22. The van der Waals surface area contributed by atoms with Gasteiger partial charge in [-0.15, -0.1) is 0 Å². The Bertz CT molecular complexity index is 2900. The summed E-state index contributed by atoms with van der Waals surface area (Å²) in [6, 6.07) is 35.5. The number of hydrogen-bond donors (Lipinski definition) is 3. The summed E-state index contributed by atoms with van der Waals surface area (Å²) in [5, 5.41) is 25.8. The molecule has 3 N–H and O–H groups in total. The quantitative estimate of drug-likeness (QED) is 0.109. The number of nitriles is 1. The molecule has 0 fully saturated rings. The van der Waals surface area contributed by atoms with Crippen LogP contribution in [0.1, 0.15) is 45.0 Å². The normalized spacial score (nSPS) is 16.3. The van der Waals surface area contributed by atoms with Crippen LogP contribution in [0.3, 0.4) is 0 Å². The van der Waals surface area contributed by atoms with Gasteiger partial charge in [-0.25, -0.2) is 13.2 Å². The Labute approximate surface area is 373 Å². The number of nitrogens with zero attached hydrogens (tertiary/aromatic N) is 2. The summed E-state index contributed by atoms with van der Waals surface area (Å²) < 4.78 is 42.2. The average Bonchev–Trinajstić information content (AvgIpc) is 3.28. The van der Waals surface area contributed by atoms with E-state index < -0.39 is 46.0 Å². The van der Waals surface area contributed by atoms with Gasteiger partial charge in [0, 0.05) is 18.5 Å². The molecule has 6 aromatic rings. The zero-order valence-electron chi connectivity index (χ0n) is 33.5. The molecule has 0 radical (unpaired) electrons. The van der Waals surface area contributed by atoms with Crippen molar-refractivity contribution >= 4 is 56.7 Å². The number of ether oxygens (including phenoxy) is 2. The van der Waals surface area contributed by atoms with Gasteiger partial charge in [0.15, 0.2) is 0 Å². The molecular formula is C48H38Cl2N4O8S. The van der Waals surface area contributed by atoms with Crippen molar-refractivity contribution < 1.29 is 37.4 Å². The Morgan fingerprint density at radius 1 is 0.905 bits per heavy atom. The van der Waals surface area contributed by atoms with Gasteiger partial charge in [-0.05, 0) is 107 Å². The van der Waals surface area contributed by atoms with Crippen molar-refractivity contribution in [2.45, 2.75) is 56.0 Å². The average molecular weight is 902 g/mol. The summed E-state index contributed by atoms with van der Waals surface area (Å²) in [5.41, 5.74) is 6.21. The minimum atomic E-state index is -4.32. The fourth-order valence-electron chi connectivity index (χ4n) is 7.64. The fraction of sp³-hybridized carbons (Fsp3) is 0.167. The van der Waals surface area contributed by atoms with Gasteiger partial charge in [-0.1, -0.05) is 96.0 Å². The molecule has 0 bridgehead atoms. The number of carboxylic acid groups (broad SMARTS) is 1. The second-order valence-corrected chi connectivity index (χ2v) is 17.9. The number of fused-ring (bicyclic) bond motifs is 2. The van der Waals surface area contributed by atoms with Gasteiger partial charge in [0.2, 0.25) is 22.0 Å². The second kappa shape index (κ2) is 18.0. The molecule has 0 aromatic heterocycles. The van der Waals surface area contributed by atoms with Crippen LogP contribution in [0, 0.1) is 18.3 Å². The monoisotopic (exact) mass is 900 g/mol. The number of rotatable bonds is 12. The maximum atomic E-state index is 14.5. The topological polar surface area (TPSA) is 175 Å². The number of nitrogens with one attached hydrogen (secondary N) is 2. The van der Waals surface area contributed by atoms with E-state index in [4.69, 9.17) is 37.9 Å². The van der Waals surface area contributed by atoms with Crippen LogP contribution < -0.4 is 20.1 Å². The fourth-order valence-corrected chi connectivity index (χ4v) is 9.76. The van der Waals surface area contributed by atoms with Crippen LogP contribution >= 0.6 is 23.2 Å². The molecule has 0 saturated carbocycles. The lowest BCUT2D eigenvalue weighted by atomic mass is 9.93. The number of aryl methyl sites for hydroxylation is 1. The first-order valence-electron chi connectivity index (χ1n) is 19.8. The number of hydrogen-bond acceptors (Lipinski definition) is 8. The van der Waals surface area contributed by atoms with Gasteiger partial charge in [0.1, 0.15) is 30.2 Å². The van der Waals surface area contributed by atoms with E-state index in [1.54, 1.807) is 97.9 Å². The minimum Gasteiger partial charge on any atom is -0.489 e. The predicted molar refractivity (Wildman–Crippen MR) is 237 cm³/mol. The molecule has 2 heterocycles. The van der Waals surface area contributed by atoms with E-state index in [-0.39, 0.29) is 30.9 Å². The van der Waals surface area contributed by atoms with E-state index in [1.807, 2.05) is 30.3 Å². The number of carboxylic acids is 1. The summed E-state index contributed by atoms with van der Waals surface area (Å²) >= 11 is 12.2. The van der Waals surface area contributed by atoms with Crippen molar-refractivity contribution in [3.8, 4) is 28.7 Å². The molecule has 3 atom stereocenters. The number of benzene rings is 6. The van der Waals surface area contributed by atoms with Crippen LogP contribution in [-0.2, 0) is 50.4 Å². The van der Waals surface area contributed by atoms with Gasteiger partial charge in [0.05, 0.1) is 32.3 Å². The summed E-state index contributed by atoms with van der Waals surface area (Å²) in [4.78, 5) is 40.4. The van der Waals surface area contributed by atoms with Crippen LogP contribution in [0.15, 0.2) is 132 Å². The highest BCUT2D eigenvalue weighted by Crippen LogP contribution is 2.41. The van der Waals surface area contributed by atoms with Crippen molar-refractivity contribution in [1.29, 1.82) is 5.26 Å². The zero-order chi connectivity index (χ0) is 44.4. The second-order valence-electron chi connectivity index (χ2n) is 15.2. The third-order valence-corrected chi connectivity index (χ3v) is 13.8. The number of amides is 2. The molecule has 0 aliphatic carbocycles. The van der Waals surface area contributed by atoms with Crippen molar-refractivity contribution in [2.24, 2.45) is 0 Å². The van der Waals surface area contributed by atoms with Crippen LogP contribution in [-0.4, -0.2) is 47.7 Å². The molecule has 12 nitrogen and oxygen atoms in total. The number of carbonyl (C=O) groups excluding carboxylic acids is 2. The summed E-state index contributed by atoms with van der Waals surface area (Å²) in [5.74, 6) is -1.66. The molecule has 2 aliphatic rings. The minimum absolute atomic E-state index is 0.00863. The Morgan fingerprint density at radius 2 is 1.59 bits per heavy atom. The van der Waals surface area contributed by atoms with Gasteiger partial charge in [-0.3, -0.25) is 9.59 Å². The zero-order valence-corrected chi connectivity index (χ0v) is 35.9. The van der Waals surface area contributed by atoms with Gasteiger partial charge in [-0.2, -0.15) is 9.57 Å². The van der Waals surface area contributed by atoms with E-state index in [0.29, 0.717) is 60.6 Å². The first kappa shape index (κ1) is 43.0. The van der Waals surface area contributed by atoms with E-state index in [1.165, 1.54) is 6.07 Å². The maximum Gasteiger partial charge on any atom is 0.326 e. The molecule has 63 heavy (non-hydrogen) atoms. The standard InChI is InChI=1S/C48H38Cl2N4O8S/c1-28-4-2-3-5-44(28)63(59,60)54-26-36-24-43-40(52-47(56)45(62-43)34-15-17-37(18-16-34)61-27-31-10-19-38(49)39(50)20-31)22-35(36)23-42(54)46(55)53-41(48(57)58)21-29-6-11-32(12-7-29)33-13-8-30(25-51)9-14-33/h2-20,22,24,41-42,45H,21,23,26-27H2,1H3,(H,52,56)(H,53,55)(H,57,58)/t41-,42?,45-/m0/s1. The first-order valence-corrected chi connectivity index (χ1v) is 22.0. The highest BCUT2D eigenvalue weighted by Gasteiger charge is 2.42. The predicted octanol–water partition coefficient (Wildman–Crippen LogP) is 8.42. The molecule has 15 heteroatoms. The summed E-state index contributed by atoms with van der Waals surface area (Å²) in [6.45, 7) is 1.67. The van der Waals surface area contributed by atoms with E-state index in [0.717, 1.165) is 21.0 Å². The third-order valence-electron chi connectivity index (χ3n) is 11.0. The van der Waals surface area contributed by atoms with Crippen LogP contribution in [0.2, 0.25) is 10.0 Å². The Balaban J connectivity index is 1.02. The number of sulfonamides is 1. The molecular weight excluding hydrogens is 864 g/mol. The highest BCUT2D eigenvalue weighted by molar-refractivity contribution is 7.89. The van der Waals surface area contributed by atoms with Gasteiger partial charge in [0.25, 0.3) is 5.91 Å². The lowest BCUT2D eigenvalue weighted by molar-refractivity contribution is -0.142. The number of halogens is 2. The number of aliphatic carboxylic acids is 1. The molecule has 6 aromatic carbocycles. The SMILES string of the molecule is Cc1ccccc1S(=O)(=O)N1Cc2cc3c(cc2CC1C(=O)N[C@@H](Cc1ccc(-c2ccc(C#N)cc2)cc1)C(=O)O)NC(=O)[C@H](c1ccc(OCc2ccc(Cl)c(Cl)c2)cc1)O3. The van der Waals surface area contributed by atoms with Crippen molar-refractivity contribution in [1.82, 2.24) is 9.62 Å². The Kier molecular flexibility index (Phi) is 12.3. The van der Waals surface area contributed by atoms with Crippen molar-refractivity contribution in [3.63, 3.8) is 0 Å². The van der Waals surface area contributed by atoms with E-state index >= 15 is 0 Å². The molecule has 318 valence electrons. The van der Waals surface area contributed by atoms with Crippen LogP contribution in [0.5, 0.6) is 11.5 Å². The number of anilines is 1. The summed E-state index contributed by atoms with van der Waals surface area (Å²) in [7, 11) is -4.32. The van der Waals surface area contributed by atoms with E-state index in [2.05, 4.69) is 16.7 Å².